The van der Waals surface area contributed by atoms with E-state index in [4.69, 9.17) is 27.4 Å². The van der Waals surface area contributed by atoms with Gasteiger partial charge in [-0.1, -0.05) is 71.7 Å². The number of hydrogen-bond acceptors (Lipinski definition) is 4. The molecule has 0 aliphatic heterocycles. The van der Waals surface area contributed by atoms with Gasteiger partial charge in [0.25, 0.3) is 0 Å². The highest BCUT2D eigenvalue weighted by Crippen LogP contribution is 2.36. The fraction of sp³-hybridized carbons (Fsp3) is 0. The molecule has 0 amide bonds. The largest absolute Gasteiger partial charge is 0.377 e. The van der Waals surface area contributed by atoms with Gasteiger partial charge in [0.1, 0.15) is 4.90 Å². The lowest BCUT2D eigenvalue weighted by Gasteiger charge is -2.12. The van der Waals surface area contributed by atoms with E-state index < -0.39 is 10.1 Å². The van der Waals surface area contributed by atoms with E-state index in [1.54, 1.807) is 42.5 Å². The fourth-order valence-corrected chi connectivity index (χ4v) is 4.06. The molecule has 3 aromatic rings. The zero-order chi connectivity index (χ0) is 20.1. The van der Waals surface area contributed by atoms with Crippen molar-refractivity contribution in [2.75, 3.05) is 0 Å². The average Bonchev–Trinajstić information content (AvgIpc) is 2.70. The summed E-state index contributed by atoms with van der Waals surface area (Å²) in [6.07, 6.45) is 1.49. The minimum absolute atomic E-state index is 0.0143. The van der Waals surface area contributed by atoms with Gasteiger partial charge >= 0.3 is 10.1 Å². The molecule has 0 heterocycles. The van der Waals surface area contributed by atoms with E-state index in [-0.39, 0.29) is 26.3 Å². The van der Waals surface area contributed by atoms with E-state index in [9.17, 15) is 13.7 Å². The minimum Gasteiger partial charge on any atom is -0.377 e. The van der Waals surface area contributed by atoms with Crippen molar-refractivity contribution in [1.29, 1.82) is 5.26 Å². The van der Waals surface area contributed by atoms with E-state index >= 15 is 0 Å². The van der Waals surface area contributed by atoms with Crippen LogP contribution in [0.3, 0.4) is 0 Å². The van der Waals surface area contributed by atoms with Crippen molar-refractivity contribution < 1.29 is 12.6 Å². The third kappa shape index (κ3) is 4.55. The van der Waals surface area contributed by atoms with Gasteiger partial charge in [0, 0.05) is 10.6 Å². The van der Waals surface area contributed by atoms with Crippen LogP contribution in [0.5, 0.6) is 5.75 Å². The Morgan fingerprint density at radius 1 is 0.964 bits per heavy atom. The number of rotatable bonds is 5. The van der Waals surface area contributed by atoms with Crippen molar-refractivity contribution in [2.24, 2.45) is 0 Å². The highest BCUT2D eigenvalue weighted by Gasteiger charge is 2.21. The van der Waals surface area contributed by atoms with Crippen LogP contribution in [0.25, 0.3) is 11.6 Å². The lowest BCUT2D eigenvalue weighted by atomic mass is 10.0. The van der Waals surface area contributed by atoms with Crippen molar-refractivity contribution in [3.8, 4) is 11.8 Å². The van der Waals surface area contributed by atoms with Crippen LogP contribution in [0.15, 0.2) is 77.7 Å². The molecule has 0 aliphatic rings. The van der Waals surface area contributed by atoms with Crippen LogP contribution >= 0.6 is 23.2 Å². The zero-order valence-electron chi connectivity index (χ0n) is 14.3. The second-order valence-corrected chi connectivity index (χ2v) is 8.08. The summed E-state index contributed by atoms with van der Waals surface area (Å²) in [5.41, 5.74) is 1.25. The second kappa shape index (κ2) is 8.49. The monoisotopic (exact) mass is 429 g/mol. The van der Waals surface area contributed by atoms with Crippen molar-refractivity contribution >= 4 is 45.0 Å². The predicted molar refractivity (Wildman–Crippen MR) is 111 cm³/mol. The van der Waals surface area contributed by atoms with Crippen molar-refractivity contribution in [3.63, 3.8) is 0 Å². The summed E-state index contributed by atoms with van der Waals surface area (Å²) in [6, 6.07) is 21.6. The second-order valence-electron chi connectivity index (χ2n) is 5.69. The first-order valence-corrected chi connectivity index (χ1v) is 10.2. The highest BCUT2D eigenvalue weighted by atomic mass is 35.5. The molecule has 0 bridgehead atoms. The van der Waals surface area contributed by atoms with Crippen LogP contribution in [-0.4, -0.2) is 8.42 Å². The molecule has 3 rings (SSSR count). The Hall–Kier alpha value is -2.78. The molecule has 0 N–H and O–H groups in total. The van der Waals surface area contributed by atoms with E-state index in [0.717, 1.165) is 0 Å². The van der Waals surface area contributed by atoms with Crippen molar-refractivity contribution in [2.45, 2.75) is 4.90 Å². The van der Waals surface area contributed by atoms with Gasteiger partial charge in [-0.05, 0) is 35.9 Å². The molecule has 0 aliphatic carbocycles. The molecule has 3 aromatic carbocycles. The molecule has 4 nitrogen and oxygen atoms in total. The first-order valence-electron chi connectivity index (χ1n) is 8.06. The number of hydrogen-bond donors (Lipinski definition) is 0. The molecule has 0 aromatic heterocycles. The van der Waals surface area contributed by atoms with Crippen LogP contribution in [0, 0.1) is 11.3 Å². The van der Waals surface area contributed by atoms with Crippen LogP contribution in [0.2, 0.25) is 10.0 Å². The molecule has 0 atom stereocenters. The number of benzene rings is 3. The van der Waals surface area contributed by atoms with E-state index in [1.807, 2.05) is 6.07 Å². The van der Waals surface area contributed by atoms with Gasteiger partial charge in [-0.25, -0.2) is 0 Å². The van der Waals surface area contributed by atoms with Crippen LogP contribution < -0.4 is 4.18 Å². The molecule has 0 saturated carbocycles. The van der Waals surface area contributed by atoms with Crippen molar-refractivity contribution in [1.82, 2.24) is 0 Å². The maximum atomic E-state index is 12.6. The van der Waals surface area contributed by atoms with Gasteiger partial charge in [-0.3, -0.25) is 0 Å². The number of nitrogens with zero attached hydrogens (tertiary/aromatic N) is 1. The molecular weight excluding hydrogens is 417 g/mol. The number of nitriles is 1. The molecule has 28 heavy (non-hydrogen) atoms. The minimum atomic E-state index is -4.12. The van der Waals surface area contributed by atoms with Gasteiger partial charge in [-0.2, -0.15) is 13.7 Å². The Morgan fingerprint density at radius 3 is 2.18 bits per heavy atom. The quantitative estimate of drug-likeness (QED) is 0.290. The van der Waals surface area contributed by atoms with Gasteiger partial charge < -0.3 is 4.18 Å². The normalized spacial score (nSPS) is 11.7. The summed E-state index contributed by atoms with van der Waals surface area (Å²) in [6.45, 7) is 0. The smallest absolute Gasteiger partial charge is 0.339 e. The van der Waals surface area contributed by atoms with Gasteiger partial charge in [0.2, 0.25) is 0 Å². The molecular formula is C21H13Cl2NO3S. The number of allylic oxidation sites excluding steroid dienone is 1. The van der Waals surface area contributed by atoms with E-state index in [2.05, 4.69) is 6.07 Å². The summed E-state index contributed by atoms with van der Waals surface area (Å²) in [5.74, 6) is -0.0985. The Bertz CT molecular complexity index is 1170. The standard InChI is InChI=1S/C21H13Cl2NO3S/c22-18-12-16(11-17(14-24)15-7-3-1-4-8-15)21(20(23)13-18)27-28(25,26)19-9-5-2-6-10-19/h1-13H/b17-11+. The Labute approximate surface area is 173 Å². The van der Waals surface area contributed by atoms with Gasteiger partial charge in [0.15, 0.2) is 5.75 Å². The van der Waals surface area contributed by atoms with E-state index in [1.165, 1.54) is 30.3 Å². The lowest BCUT2D eigenvalue weighted by Crippen LogP contribution is -2.10. The topological polar surface area (TPSA) is 67.2 Å². The molecule has 0 fully saturated rings. The van der Waals surface area contributed by atoms with Crippen molar-refractivity contribution in [3.05, 3.63) is 94.0 Å². The molecule has 0 radical (unpaired) electrons. The Kier molecular flexibility index (Phi) is 6.05. The van der Waals surface area contributed by atoms with Gasteiger partial charge in [-0.15, -0.1) is 0 Å². The summed E-state index contributed by atoms with van der Waals surface area (Å²) in [7, 11) is -4.12. The first kappa shape index (κ1) is 20.0. The summed E-state index contributed by atoms with van der Waals surface area (Å²) >= 11 is 12.3. The lowest BCUT2D eigenvalue weighted by molar-refractivity contribution is 0.485. The summed E-state index contributed by atoms with van der Waals surface area (Å²) in [4.78, 5) is -0.0143. The third-order valence-corrected chi connectivity index (χ3v) is 5.50. The van der Waals surface area contributed by atoms with Crippen LogP contribution in [0.4, 0.5) is 0 Å². The predicted octanol–water partition coefficient (Wildman–Crippen LogP) is 5.83. The van der Waals surface area contributed by atoms with Gasteiger partial charge in [0.05, 0.1) is 16.7 Å². The summed E-state index contributed by atoms with van der Waals surface area (Å²) < 4.78 is 30.5. The Morgan fingerprint density at radius 2 is 1.57 bits per heavy atom. The highest BCUT2D eigenvalue weighted by molar-refractivity contribution is 7.87. The molecule has 0 saturated heterocycles. The van der Waals surface area contributed by atoms with E-state index in [0.29, 0.717) is 11.1 Å². The first-order chi connectivity index (χ1) is 13.4. The van der Waals surface area contributed by atoms with Crippen LogP contribution in [0.1, 0.15) is 11.1 Å². The molecule has 0 spiro atoms. The third-order valence-electron chi connectivity index (χ3n) is 3.77. The van der Waals surface area contributed by atoms with Crippen LogP contribution in [-0.2, 0) is 10.1 Å². The Balaban J connectivity index is 2.11. The molecule has 7 heteroatoms. The molecule has 140 valence electrons. The zero-order valence-corrected chi connectivity index (χ0v) is 16.7. The maximum absolute atomic E-state index is 12.6. The number of halogens is 2. The SMILES string of the molecule is N#C/C(=C\c1cc(Cl)cc(Cl)c1OS(=O)(=O)c1ccccc1)c1ccccc1. The molecule has 0 unspecified atom stereocenters. The summed E-state index contributed by atoms with van der Waals surface area (Å²) in [5, 5.41) is 9.84. The average molecular weight is 430 g/mol. The fourth-order valence-electron chi connectivity index (χ4n) is 2.47. The maximum Gasteiger partial charge on any atom is 0.339 e.